The number of amides is 1. The number of hydrogen-bond donors (Lipinski definition) is 2. The molecule has 0 aromatic heterocycles. The predicted molar refractivity (Wildman–Crippen MR) is 73.0 cm³/mol. The lowest BCUT2D eigenvalue weighted by molar-refractivity contribution is -0.122. The van der Waals surface area contributed by atoms with Crippen molar-refractivity contribution in [3.8, 4) is 0 Å². The molecule has 0 heterocycles. The van der Waals surface area contributed by atoms with Crippen LogP contribution in [0.15, 0.2) is 24.3 Å². The Morgan fingerprint density at radius 3 is 2.61 bits per heavy atom. The van der Waals surface area contributed by atoms with Crippen LogP contribution < -0.4 is 11.1 Å². The molecular weight excluding hydrogens is 252 g/mol. The van der Waals surface area contributed by atoms with E-state index in [9.17, 15) is 9.59 Å². The maximum absolute atomic E-state index is 11.9. The molecule has 0 saturated heterocycles. The zero-order chi connectivity index (χ0) is 13.8. The van der Waals surface area contributed by atoms with Gasteiger partial charge in [0, 0.05) is 17.1 Å². The zero-order valence-electron chi connectivity index (χ0n) is 10.5. The molecule has 0 aliphatic rings. The molecule has 1 aromatic carbocycles. The molecule has 3 N–H and O–H groups in total. The molecule has 0 spiro atoms. The monoisotopic (exact) mass is 268 g/mol. The van der Waals surface area contributed by atoms with Crippen LogP contribution in [0.2, 0.25) is 0 Å². The maximum Gasteiger partial charge on any atom is 0.231 e. The third-order valence-corrected chi connectivity index (χ3v) is 3.24. The molecule has 98 valence electrons. The smallest absolute Gasteiger partial charge is 0.231 e. The Labute approximate surface area is 112 Å². The highest BCUT2D eigenvalue weighted by Gasteiger charge is 2.26. The fraction of sp³-hybridized carbons (Fsp3) is 0.385. The molecule has 1 rings (SSSR count). The van der Waals surface area contributed by atoms with Crippen LogP contribution >= 0.6 is 11.6 Å². The molecule has 1 amide bonds. The van der Waals surface area contributed by atoms with Crippen molar-refractivity contribution in [2.45, 2.75) is 13.8 Å². The van der Waals surface area contributed by atoms with E-state index in [2.05, 4.69) is 5.32 Å². The Kier molecular flexibility index (Phi) is 4.87. The summed E-state index contributed by atoms with van der Waals surface area (Å²) in [5, 5.41) is 2.74. The number of ketones is 1. The maximum atomic E-state index is 11.9. The van der Waals surface area contributed by atoms with Gasteiger partial charge in [0.1, 0.15) is 0 Å². The summed E-state index contributed by atoms with van der Waals surface area (Å²) in [5.74, 6) is -0.127. The van der Waals surface area contributed by atoms with E-state index in [1.165, 1.54) is 0 Å². The molecule has 18 heavy (non-hydrogen) atoms. The molecule has 1 aromatic rings. The number of anilines is 1. The molecule has 0 aliphatic carbocycles. The van der Waals surface area contributed by atoms with Gasteiger partial charge in [-0.2, -0.15) is 0 Å². The number of carbonyl (C=O) groups is 2. The van der Waals surface area contributed by atoms with E-state index in [1.54, 1.807) is 38.1 Å². The number of carbonyl (C=O) groups excluding carboxylic acids is 2. The lowest BCUT2D eigenvalue weighted by atomic mass is 9.95. The third-order valence-electron chi connectivity index (χ3n) is 2.58. The summed E-state index contributed by atoms with van der Waals surface area (Å²) in [4.78, 5) is 23.4. The van der Waals surface area contributed by atoms with E-state index in [0.29, 0.717) is 11.3 Å². The summed E-state index contributed by atoms with van der Waals surface area (Å²) in [6.07, 6.45) is 0. The number of nitrogens with one attached hydrogen (secondary N) is 1. The molecule has 0 radical (unpaired) electrons. The van der Waals surface area contributed by atoms with Crippen molar-refractivity contribution in [2.24, 2.45) is 11.1 Å². The fourth-order valence-corrected chi connectivity index (χ4v) is 1.37. The highest BCUT2D eigenvalue weighted by atomic mass is 35.5. The first-order valence-electron chi connectivity index (χ1n) is 5.61. The molecule has 0 unspecified atom stereocenters. The normalized spacial score (nSPS) is 11.1. The number of Topliss-reactive ketones (excluding diaryl/α,β-unsaturated/α-hetero) is 1. The summed E-state index contributed by atoms with van der Waals surface area (Å²) < 4.78 is 0. The van der Waals surface area contributed by atoms with Crippen LogP contribution in [-0.2, 0) is 4.79 Å². The largest absolute Gasteiger partial charge is 0.326 e. The fourth-order valence-electron chi connectivity index (χ4n) is 1.25. The Morgan fingerprint density at radius 2 is 2.06 bits per heavy atom. The van der Waals surface area contributed by atoms with E-state index in [0.717, 1.165) is 0 Å². The van der Waals surface area contributed by atoms with Crippen molar-refractivity contribution in [3.05, 3.63) is 29.8 Å². The average Bonchev–Trinajstić information content (AvgIpc) is 2.38. The minimum Gasteiger partial charge on any atom is -0.326 e. The zero-order valence-corrected chi connectivity index (χ0v) is 11.3. The van der Waals surface area contributed by atoms with Crippen LogP contribution in [0, 0.1) is 5.41 Å². The highest BCUT2D eigenvalue weighted by molar-refractivity contribution is 6.20. The molecule has 0 atom stereocenters. The van der Waals surface area contributed by atoms with Crippen LogP contribution in [0.3, 0.4) is 0 Å². The van der Waals surface area contributed by atoms with Crippen molar-refractivity contribution < 1.29 is 9.59 Å². The Bertz CT molecular complexity index is 458. The standard InChI is InChI=1S/C13H17ClN2O2/c1-13(2,8-14)12(18)16-10-5-3-4-9(6-10)11(17)7-15/h3-6H,7-8,15H2,1-2H3,(H,16,18). The first kappa shape index (κ1) is 14.7. The van der Waals surface area contributed by atoms with Crippen molar-refractivity contribution in [3.63, 3.8) is 0 Å². The van der Waals surface area contributed by atoms with Gasteiger partial charge in [0.05, 0.1) is 12.0 Å². The number of halogens is 1. The molecule has 0 aliphatic heterocycles. The van der Waals surface area contributed by atoms with Gasteiger partial charge in [-0.25, -0.2) is 0 Å². The molecule has 4 nitrogen and oxygen atoms in total. The van der Waals surface area contributed by atoms with E-state index < -0.39 is 5.41 Å². The molecule has 0 fully saturated rings. The lowest BCUT2D eigenvalue weighted by Crippen LogP contribution is -2.32. The van der Waals surface area contributed by atoms with Gasteiger partial charge in [0.2, 0.25) is 5.91 Å². The van der Waals surface area contributed by atoms with Crippen molar-refractivity contribution >= 4 is 29.0 Å². The van der Waals surface area contributed by atoms with Crippen molar-refractivity contribution in [1.29, 1.82) is 0 Å². The minimum atomic E-state index is -0.657. The van der Waals surface area contributed by atoms with E-state index >= 15 is 0 Å². The van der Waals surface area contributed by atoms with Gasteiger partial charge >= 0.3 is 0 Å². The number of alkyl halides is 1. The second-order valence-corrected chi connectivity index (χ2v) is 4.95. The van der Waals surface area contributed by atoms with Gasteiger partial charge < -0.3 is 11.1 Å². The Hall–Kier alpha value is -1.39. The third kappa shape index (κ3) is 3.55. The first-order valence-corrected chi connectivity index (χ1v) is 6.15. The molecule has 5 heteroatoms. The number of hydrogen-bond acceptors (Lipinski definition) is 3. The summed E-state index contributed by atoms with van der Waals surface area (Å²) in [5.41, 5.74) is 5.69. The minimum absolute atomic E-state index is 0.0510. The van der Waals surface area contributed by atoms with Crippen LogP contribution in [0.25, 0.3) is 0 Å². The van der Waals surface area contributed by atoms with E-state index in [4.69, 9.17) is 17.3 Å². The van der Waals surface area contributed by atoms with Gasteiger partial charge in [0.15, 0.2) is 5.78 Å². The van der Waals surface area contributed by atoms with Crippen molar-refractivity contribution in [2.75, 3.05) is 17.7 Å². The summed E-state index contributed by atoms with van der Waals surface area (Å²) in [6.45, 7) is 3.46. The lowest BCUT2D eigenvalue weighted by Gasteiger charge is -2.20. The van der Waals surface area contributed by atoms with Crippen LogP contribution in [-0.4, -0.2) is 24.1 Å². The second kappa shape index (κ2) is 5.98. The van der Waals surface area contributed by atoms with Gasteiger partial charge in [-0.05, 0) is 26.0 Å². The topological polar surface area (TPSA) is 72.2 Å². The summed E-state index contributed by atoms with van der Waals surface area (Å²) in [7, 11) is 0. The van der Waals surface area contributed by atoms with Gasteiger partial charge in [-0.15, -0.1) is 11.6 Å². The van der Waals surface area contributed by atoms with Crippen LogP contribution in [0.1, 0.15) is 24.2 Å². The Balaban J connectivity index is 2.86. The average molecular weight is 269 g/mol. The molecule has 0 bridgehead atoms. The number of benzene rings is 1. The van der Waals surface area contributed by atoms with Gasteiger partial charge in [-0.3, -0.25) is 9.59 Å². The molecule has 0 saturated carbocycles. The van der Waals surface area contributed by atoms with Crippen molar-refractivity contribution in [1.82, 2.24) is 0 Å². The van der Waals surface area contributed by atoms with E-state index in [1.807, 2.05) is 0 Å². The number of rotatable bonds is 5. The SMILES string of the molecule is CC(C)(CCl)C(=O)Nc1cccc(C(=O)CN)c1. The Morgan fingerprint density at radius 1 is 1.39 bits per heavy atom. The van der Waals surface area contributed by atoms with Crippen LogP contribution in [0.5, 0.6) is 0 Å². The quantitative estimate of drug-likeness (QED) is 0.634. The van der Waals surface area contributed by atoms with E-state index in [-0.39, 0.29) is 24.1 Å². The van der Waals surface area contributed by atoms with Crippen LogP contribution in [0.4, 0.5) is 5.69 Å². The first-order chi connectivity index (χ1) is 8.40. The summed E-state index contributed by atoms with van der Waals surface area (Å²) in [6, 6.07) is 6.69. The number of nitrogens with two attached hydrogens (primary N) is 1. The predicted octanol–water partition coefficient (Wildman–Crippen LogP) is 2.03. The van der Waals surface area contributed by atoms with Gasteiger partial charge in [-0.1, -0.05) is 12.1 Å². The molecular formula is C13H17ClN2O2. The second-order valence-electron chi connectivity index (χ2n) is 4.68. The van der Waals surface area contributed by atoms with Gasteiger partial charge in [0.25, 0.3) is 0 Å². The highest BCUT2D eigenvalue weighted by Crippen LogP contribution is 2.20. The summed E-state index contributed by atoms with van der Waals surface area (Å²) >= 11 is 5.73.